The van der Waals surface area contributed by atoms with Crippen molar-refractivity contribution in [3.63, 3.8) is 0 Å². The number of carbonyl (C=O) groups is 1. The Hall–Kier alpha value is -3.13. The third kappa shape index (κ3) is 5.23. The summed E-state index contributed by atoms with van der Waals surface area (Å²) in [4.78, 5) is 18.0. The minimum atomic E-state index is -0.614. The lowest BCUT2D eigenvalue weighted by atomic mass is 9.86. The van der Waals surface area contributed by atoms with E-state index in [4.69, 9.17) is 0 Å². The molecule has 2 aliphatic heterocycles. The van der Waals surface area contributed by atoms with Crippen LogP contribution in [-0.4, -0.2) is 57.2 Å². The van der Waals surface area contributed by atoms with Gasteiger partial charge in [0.15, 0.2) is 0 Å². The first kappa shape index (κ1) is 26.5. The molecule has 0 spiro atoms. The molecule has 0 radical (unpaired) electrons. The molecule has 8 heteroatoms. The molecule has 2 aliphatic rings. The molecule has 2 atom stereocenters. The molecule has 38 heavy (non-hydrogen) atoms. The fourth-order valence-corrected chi connectivity index (χ4v) is 5.95. The Morgan fingerprint density at radius 2 is 1.58 bits per heavy atom. The standard InChI is InChI=1S/C30H35F3N4O/c1-19-15-28(37(34-19)23-8-5-21(31)6-9-23)20-11-13-35(14-12-20)29(38)26-18-36(30(2,3)4)17-25(26)24-10-7-22(32)16-27(24)33/h5-10,15-16,20,25-26H,11-14,17-18H2,1-4H3/t25-,26?/m0/s1. The number of likely N-dealkylation sites (tertiary alicyclic amines) is 2. The first-order chi connectivity index (χ1) is 18.0. The second kappa shape index (κ2) is 10.2. The first-order valence-corrected chi connectivity index (χ1v) is 13.3. The molecule has 2 fully saturated rings. The minimum Gasteiger partial charge on any atom is -0.342 e. The van der Waals surface area contributed by atoms with E-state index in [1.807, 2.05) is 16.5 Å². The maximum Gasteiger partial charge on any atom is 0.227 e. The van der Waals surface area contributed by atoms with Gasteiger partial charge in [-0.25, -0.2) is 17.9 Å². The lowest BCUT2D eigenvalue weighted by Crippen LogP contribution is -2.44. The van der Waals surface area contributed by atoms with Crippen molar-refractivity contribution in [2.45, 2.75) is 57.9 Å². The lowest BCUT2D eigenvalue weighted by molar-refractivity contribution is -0.136. The molecule has 1 aromatic heterocycles. The third-order valence-electron chi connectivity index (χ3n) is 8.10. The van der Waals surface area contributed by atoms with Gasteiger partial charge in [0.25, 0.3) is 0 Å². The topological polar surface area (TPSA) is 41.4 Å². The minimum absolute atomic E-state index is 0.0344. The molecule has 2 aromatic carbocycles. The smallest absolute Gasteiger partial charge is 0.227 e. The fraction of sp³-hybridized carbons (Fsp3) is 0.467. The van der Waals surface area contributed by atoms with E-state index >= 15 is 0 Å². The van der Waals surface area contributed by atoms with Gasteiger partial charge in [-0.15, -0.1) is 0 Å². The van der Waals surface area contributed by atoms with Crippen LogP contribution in [0.25, 0.3) is 5.69 Å². The molecule has 1 amide bonds. The summed E-state index contributed by atoms with van der Waals surface area (Å²) in [6.45, 7) is 10.5. The number of piperidine rings is 1. The molecule has 5 nitrogen and oxygen atoms in total. The van der Waals surface area contributed by atoms with Gasteiger partial charge in [-0.2, -0.15) is 5.10 Å². The molecule has 0 saturated carbocycles. The van der Waals surface area contributed by atoms with Gasteiger partial charge in [0.05, 0.1) is 17.3 Å². The zero-order chi connectivity index (χ0) is 27.2. The first-order valence-electron chi connectivity index (χ1n) is 13.3. The Bertz CT molecular complexity index is 1310. The van der Waals surface area contributed by atoms with Crippen molar-refractivity contribution < 1.29 is 18.0 Å². The Morgan fingerprint density at radius 1 is 0.921 bits per heavy atom. The number of halogens is 3. The summed E-state index contributed by atoms with van der Waals surface area (Å²) < 4.78 is 43.8. The zero-order valence-corrected chi connectivity index (χ0v) is 22.4. The molecule has 0 N–H and O–H groups in total. The van der Waals surface area contributed by atoms with Gasteiger partial charge in [-0.1, -0.05) is 6.07 Å². The molecular formula is C30H35F3N4O. The van der Waals surface area contributed by atoms with Crippen molar-refractivity contribution in [2.24, 2.45) is 5.92 Å². The van der Waals surface area contributed by atoms with Crippen molar-refractivity contribution in [1.82, 2.24) is 19.6 Å². The number of carbonyl (C=O) groups excluding carboxylic acids is 1. The Balaban J connectivity index is 1.33. The highest BCUT2D eigenvalue weighted by atomic mass is 19.1. The van der Waals surface area contributed by atoms with Gasteiger partial charge in [0.1, 0.15) is 17.5 Å². The highest BCUT2D eigenvalue weighted by Gasteiger charge is 2.44. The van der Waals surface area contributed by atoms with Crippen LogP contribution in [0.3, 0.4) is 0 Å². The van der Waals surface area contributed by atoms with E-state index < -0.39 is 17.6 Å². The van der Waals surface area contributed by atoms with Crippen LogP contribution in [0.1, 0.15) is 62.4 Å². The summed E-state index contributed by atoms with van der Waals surface area (Å²) >= 11 is 0. The molecule has 2 saturated heterocycles. The van der Waals surface area contributed by atoms with E-state index in [0.717, 1.165) is 36.0 Å². The van der Waals surface area contributed by atoms with E-state index in [1.54, 1.807) is 12.1 Å². The zero-order valence-electron chi connectivity index (χ0n) is 22.4. The number of benzene rings is 2. The van der Waals surface area contributed by atoms with Crippen LogP contribution >= 0.6 is 0 Å². The van der Waals surface area contributed by atoms with Crippen LogP contribution in [0.4, 0.5) is 13.2 Å². The van der Waals surface area contributed by atoms with E-state index in [1.165, 1.54) is 24.3 Å². The van der Waals surface area contributed by atoms with Gasteiger partial charge in [0.2, 0.25) is 5.91 Å². The quantitative estimate of drug-likeness (QED) is 0.432. The largest absolute Gasteiger partial charge is 0.342 e. The maximum atomic E-state index is 14.8. The predicted octanol–water partition coefficient (Wildman–Crippen LogP) is 5.82. The molecule has 0 bridgehead atoms. The van der Waals surface area contributed by atoms with Crippen molar-refractivity contribution in [2.75, 3.05) is 26.2 Å². The summed E-state index contributed by atoms with van der Waals surface area (Å²) in [5.41, 5.74) is 3.00. The number of rotatable bonds is 4. The summed E-state index contributed by atoms with van der Waals surface area (Å²) in [6.07, 6.45) is 1.56. The van der Waals surface area contributed by atoms with E-state index in [2.05, 4.69) is 36.8 Å². The number of amides is 1. The van der Waals surface area contributed by atoms with E-state index in [0.29, 0.717) is 31.7 Å². The van der Waals surface area contributed by atoms with E-state index in [-0.39, 0.29) is 29.1 Å². The normalized spacial score (nSPS) is 21.3. The van der Waals surface area contributed by atoms with Gasteiger partial charge < -0.3 is 4.90 Å². The molecule has 1 unspecified atom stereocenters. The summed E-state index contributed by atoms with van der Waals surface area (Å²) in [6, 6.07) is 12.1. The van der Waals surface area contributed by atoms with Crippen LogP contribution in [0.5, 0.6) is 0 Å². The average Bonchev–Trinajstić information content (AvgIpc) is 3.49. The number of hydrogen-bond acceptors (Lipinski definition) is 3. The SMILES string of the molecule is Cc1cc(C2CCN(C(=O)C3CN(C(C)(C)C)C[C@H]3c3ccc(F)cc3F)CC2)n(-c2ccc(F)cc2)n1. The third-order valence-corrected chi connectivity index (χ3v) is 8.10. The number of aromatic nitrogens is 2. The maximum absolute atomic E-state index is 14.8. The highest BCUT2D eigenvalue weighted by Crippen LogP contribution is 2.39. The fourth-order valence-electron chi connectivity index (χ4n) is 5.95. The summed E-state index contributed by atoms with van der Waals surface area (Å²) in [5, 5.41) is 4.64. The number of hydrogen-bond donors (Lipinski definition) is 0. The molecule has 0 aliphatic carbocycles. The van der Waals surface area contributed by atoms with Gasteiger partial charge >= 0.3 is 0 Å². The summed E-state index contributed by atoms with van der Waals surface area (Å²) in [5.74, 6) is -1.97. The van der Waals surface area contributed by atoms with Gasteiger partial charge in [-0.05, 0) is 82.5 Å². The average molecular weight is 525 g/mol. The van der Waals surface area contributed by atoms with Crippen LogP contribution in [0, 0.1) is 30.3 Å². The Labute approximate surface area is 222 Å². The Morgan fingerprint density at radius 3 is 2.21 bits per heavy atom. The molecule has 3 heterocycles. The number of nitrogens with zero attached hydrogens (tertiary/aromatic N) is 4. The summed E-state index contributed by atoms with van der Waals surface area (Å²) in [7, 11) is 0. The number of aryl methyl sites for hydroxylation is 1. The highest BCUT2D eigenvalue weighted by molar-refractivity contribution is 5.81. The van der Waals surface area contributed by atoms with Crippen molar-refractivity contribution in [3.05, 3.63) is 82.9 Å². The predicted molar refractivity (Wildman–Crippen MR) is 141 cm³/mol. The van der Waals surface area contributed by atoms with Gasteiger partial charge in [-0.3, -0.25) is 9.69 Å². The van der Waals surface area contributed by atoms with Crippen LogP contribution in [-0.2, 0) is 4.79 Å². The molecule has 5 rings (SSSR count). The van der Waals surface area contributed by atoms with Crippen LogP contribution in [0.15, 0.2) is 48.5 Å². The second-order valence-corrected chi connectivity index (χ2v) is 11.7. The Kier molecular flexibility index (Phi) is 7.11. The van der Waals surface area contributed by atoms with Crippen LogP contribution in [0.2, 0.25) is 0 Å². The van der Waals surface area contributed by atoms with Crippen molar-refractivity contribution >= 4 is 5.91 Å². The molecule has 3 aromatic rings. The molecular weight excluding hydrogens is 489 g/mol. The monoisotopic (exact) mass is 524 g/mol. The van der Waals surface area contributed by atoms with Crippen LogP contribution < -0.4 is 0 Å². The van der Waals surface area contributed by atoms with E-state index in [9.17, 15) is 18.0 Å². The van der Waals surface area contributed by atoms with Crippen molar-refractivity contribution in [1.29, 1.82) is 0 Å². The second-order valence-electron chi connectivity index (χ2n) is 11.7. The van der Waals surface area contributed by atoms with Gasteiger partial charge in [0, 0.05) is 55.3 Å². The lowest BCUT2D eigenvalue weighted by Gasteiger charge is -2.35. The van der Waals surface area contributed by atoms with Crippen molar-refractivity contribution in [3.8, 4) is 5.69 Å². The molecule has 202 valence electrons.